The molecular formula is C11H24ClNO2. The molecule has 0 N–H and O–H groups in total. The summed E-state index contributed by atoms with van der Waals surface area (Å²) in [5, 5.41) is 0. The first-order valence-corrected chi connectivity index (χ1v) is 5.90. The average Bonchev–Trinajstić information content (AvgIpc) is 2.18. The summed E-state index contributed by atoms with van der Waals surface area (Å²) in [6.07, 6.45) is 0. The largest absolute Gasteiger partial charge is 0.453 e. The molecule has 0 amide bonds. The molecule has 0 aromatic rings. The van der Waals surface area contributed by atoms with Crippen LogP contribution in [0.5, 0.6) is 0 Å². The Morgan fingerprint density at radius 3 is 1.67 bits per heavy atom. The summed E-state index contributed by atoms with van der Waals surface area (Å²) in [6.45, 7) is 14.4. The lowest BCUT2D eigenvalue weighted by Gasteiger charge is -2.13. The van der Waals surface area contributed by atoms with Gasteiger partial charge in [-0.05, 0) is 25.6 Å². The van der Waals surface area contributed by atoms with Crippen molar-refractivity contribution in [3.05, 3.63) is 0 Å². The molecule has 0 radical (unpaired) electrons. The Bertz CT molecular complexity index is 142. The van der Waals surface area contributed by atoms with Crippen LogP contribution < -0.4 is 0 Å². The van der Waals surface area contributed by atoms with Crippen molar-refractivity contribution in [3.63, 3.8) is 0 Å². The maximum Gasteiger partial charge on any atom is 0.403 e. The molecule has 0 aromatic heterocycles. The van der Waals surface area contributed by atoms with Gasteiger partial charge in [-0.3, -0.25) is 0 Å². The summed E-state index contributed by atoms with van der Waals surface area (Å²) < 4.78 is 4.43. The zero-order valence-corrected chi connectivity index (χ0v) is 11.3. The fourth-order valence-electron chi connectivity index (χ4n) is 0.903. The second kappa shape index (κ2) is 11.8. The molecule has 0 atom stereocenters. The Labute approximate surface area is 98.7 Å². The number of carbonyl (C=O) groups is 1. The molecule has 15 heavy (non-hydrogen) atoms. The standard InChI is InChI=1S/C6H15N.C5H9ClO2/c1-4-7(5-2)6-3;1-4(2)3-8-5(6)7/h4-6H2,1-3H3;4H,3H2,1-2H3. The van der Waals surface area contributed by atoms with E-state index < -0.39 is 5.43 Å². The first-order valence-electron chi connectivity index (χ1n) is 5.52. The minimum absolute atomic E-state index is 0.359. The van der Waals surface area contributed by atoms with Gasteiger partial charge in [-0.25, -0.2) is 4.79 Å². The first kappa shape index (κ1) is 17.1. The van der Waals surface area contributed by atoms with Crippen molar-refractivity contribution in [2.24, 2.45) is 5.92 Å². The molecule has 0 saturated heterocycles. The molecule has 0 aliphatic heterocycles. The molecular weight excluding hydrogens is 214 g/mol. The van der Waals surface area contributed by atoms with Crippen LogP contribution in [0.4, 0.5) is 4.79 Å². The van der Waals surface area contributed by atoms with Crippen LogP contribution >= 0.6 is 11.6 Å². The van der Waals surface area contributed by atoms with E-state index in [1.807, 2.05) is 13.8 Å². The third kappa shape index (κ3) is 16.4. The van der Waals surface area contributed by atoms with E-state index in [2.05, 4.69) is 30.4 Å². The fraction of sp³-hybridized carbons (Fsp3) is 0.909. The van der Waals surface area contributed by atoms with Crippen molar-refractivity contribution in [2.45, 2.75) is 34.6 Å². The quantitative estimate of drug-likeness (QED) is 0.687. The molecule has 0 fully saturated rings. The average molecular weight is 238 g/mol. The minimum Gasteiger partial charge on any atom is -0.453 e. The van der Waals surface area contributed by atoms with E-state index in [0.29, 0.717) is 12.5 Å². The lowest BCUT2D eigenvalue weighted by atomic mass is 10.2. The Hall–Kier alpha value is -0.280. The molecule has 4 heteroatoms. The van der Waals surface area contributed by atoms with Gasteiger partial charge in [-0.2, -0.15) is 0 Å². The summed E-state index contributed by atoms with van der Waals surface area (Å²) in [7, 11) is 0. The number of nitrogens with zero attached hydrogens (tertiary/aromatic N) is 1. The van der Waals surface area contributed by atoms with Gasteiger partial charge >= 0.3 is 5.43 Å². The van der Waals surface area contributed by atoms with E-state index in [0.717, 1.165) is 0 Å². The summed E-state index contributed by atoms with van der Waals surface area (Å²) in [5.41, 5.74) is -0.723. The molecule has 3 nitrogen and oxygen atoms in total. The molecule has 0 rings (SSSR count). The maximum atomic E-state index is 9.89. The highest BCUT2D eigenvalue weighted by Crippen LogP contribution is 1.94. The Morgan fingerprint density at radius 2 is 1.60 bits per heavy atom. The van der Waals surface area contributed by atoms with Gasteiger partial charge in [0.1, 0.15) is 0 Å². The van der Waals surface area contributed by atoms with E-state index in [1.54, 1.807) is 0 Å². The van der Waals surface area contributed by atoms with Gasteiger partial charge in [-0.1, -0.05) is 34.6 Å². The topological polar surface area (TPSA) is 29.5 Å². The molecule has 0 aromatic carbocycles. The van der Waals surface area contributed by atoms with Gasteiger partial charge in [0.25, 0.3) is 0 Å². The molecule has 0 saturated carbocycles. The molecule has 0 aliphatic carbocycles. The number of halogens is 1. The minimum atomic E-state index is -0.723. The third-order valence-electron chi connectivity index (χ3n) is 1.87. The second-order valence-electron chi connectivity index (χ2n) is 3.56. The zero-order valence-electron chi connectivity index (χ0n) is 10.5. The van der Waals surface area contributed by atoms with Crippen molar-refractivity contribution >= 4 is 17.0 Å². The number of hydrogen-bond donors (Lipinski definition) is 0. The van der Waals surface area contributed by atoms with E-state index in [1.165, 1.54) is 19.6 Å². The van der Waals surface area contributed by atoms with E-state index in [-0.39, 0.29) is 0 Å². The molecule has 0 aliphatic rings. The SMILES string of the molecule is CC(C)COC(=O)Cl.CCN(CC)CC. The Kier molecular flexibility index (Phi) is 13.5. The number of carbonyl (C=O) groups excluding carboxylic acids is 1. The molecule has 0 bridgehead atoms. The summed E-state index contributed by atoms with van der Waals surface area (Å²) in [4.78, 5) is 12.3. The van der Waals surface area contributed by atoms with Gasteiger partial charge in [0.05, 0.1) is 6.61 Å². The summed E-state index contributed by atoms with van der Waals surface area (Å²) in [6, 6.07) is 0. The van der Waals surface area contributed by atoms with E-state index in [4.69, 9.17) is 11.6 Å². The van der Waals surface area contributed by atoms with Crippen LogP contribution in [0.25, 0.3) is 0 Å². The van der Waals surface area contributed by atoms with Crippen LogP contribution in [0.15, 0.2) is 0 Å². The molecule has 0 unspecified atom stereocenters. The van der Waals surface area contributed by atoms with E-state index in [9.17, 15) is 4.79 Å². The molecule has 0 spiro atoms. The Balaban J connectivity index is 0. The highest BCUT2D eigenvalue weighted by molar-refractivity contribution is 6.61. The van der Waals surface area contributed by atoms with Crippen LogP contribution in [-0.2, 0) is 4.74 Å². The second-order valence-corrected chi connectivity index (χ2v) is 3.87. The van der Waals surface area contributed by atoms with Crippen LogP contribution in [0.2, 0.25) is 0 Å². The lowest BCUT2D eigenvalue weighted by molar-refractivity contribution is 0.159. The van der Waals surface area contributed by atoms with Gasteiger partial charge < -0.3 is 9.64 Å². The number of hydrogen-bond acceptors (Lipinski definition) is 3. The fourth-order valence-corrected chi connectivity index (χ4v) is 0.966. The Morgan fingerprint density at radius 1 is 1.20 bits per heavy atom. The van der Waals surface area contributed by atoms with Crippen molar-refractivity contribution in [1.82, 2.24) is 4.90 Å². The van der Waals surface area contributed by atoms with Gasteiger partial charge in [0, 0.05) is 11.6 Å². The summed E-state index contributed by atoms with van der Waals surface area (Å²) >= 11 is 4.86. The van der Waals surface area contributed by atoms with Crippen LogP contribution in [0.3, 0.4) is 0 Å². The van der Waals surface area contributed by atoms with Crippen LogP contribution in [0, 0.1) is 5.92 Å². The normalized spacial score (nSPS) is 9.87. The smallest absolute Gasteiger partial charge is 0.403 e. The molecule has 0 heterocycles. The van der Waals surface area contributed by atoms with Crippen molar-refractivity contribution < 1.29 is 9.53 Å². The first-order chi connectivity index (χ1) is 6.97. The van der Waals surface area contributed by atoms with Gasteiger partial charge in [0.2, 0.25) is 0 Å². The lowest BCUT2D eigenvalue weighted by Crippen LogP contribution is -2.21. The van der Waals surface area contributed by atoms with Gasteiger partial charge in [-0.15, -0.1) is 0 Å². The van der Waals surface area contributed by atoms with E-state index >= 15 is 0 Å². The third-order valence-corrected chi connectivity index (χ3v) is 1.98. The maximum absolute atomic E-state index is 9.89. The van der Waals surface area contributed by atoms with Crippen LogP contribution in [-0.4, -0.2) is 36.6 Å². The van der Waals surface area contributed by atoms with Crippen molar-refractivity contribution in [2.75, 3.05) is 26.2 Å². The number of ether oxygens (including phenoxy) is 1. The monoisotopic (exact) mass is 237 g/mol. The van der Waals surface area contributed by atoms with Crippen LogP contribution in [0.1, 0.15) is 34.6 Å². The summed E-state index contributed by atoms with van der Waals surface area (Å²) in [5.74, 6) is 0.359. The predicted octanol–water partition coefficient (Wildman–Crippen LogP) is 3.37. The molecule has 92 valence electrons. The predicted molar refractivity (Wildman–Crippen MR) is 65.5 cm³/mol. The number of rotatable bonds is 5. The highest BCUT2D eigenvalue weighted by Gasteiger charge is 1.96. The van der Waals surface area contributed by atoms with Gasteiger partial charge in [0.15, 0.2) is 0 Å². The van der Waals surface area contributed by atoms with Crippen molar-refractivity contribution in [3.8, 4) is 0 Å². The van der Waals surface area contributed by atoms with Crippen molar-refractivity contribution in [1.29, 1.82) is 0 Å². The zero-order chi connectivity index (χ0) is 12.3. The highest BCUT2D eigenvalue weighted by atomic mass is 35.5.